The van der Waals surface area contributed by atoms with E-state index in [1.165, 1.54) is 0 Å². The first-order chi connectivity index (χ1) is 19.7. The molecule has 12 heteroatoms. The fourth-order valence-electron chi connectivity index (χ4n) is 4.98. The van der Waals surface area contributed by atoms with Gasteiger partial charge in [0, 0.05) is 18.5 Å². The molecule has 2 aromatic heterocycles. The van der Waals surface area contributed by atoms with E-state index in [0.29, 0.717) is 18.8 Å². The number of aliphatic imine (C=N–C) groups is 1. The second kappa shape index (κ2) is 11.5. The summed E-state index contributed by atoms with van der Waals surface area (Å²) in [5, 5.41) is 25.4. The minimum atomic E-state index is -1.29. The molecule has 5 rings (SSSR count). The van der Waals surface area contributed by atoms with Crippen LogP contribution in [-0.4, -0.2) is 60.1 Å². The van der Waals surface area contributed by atoms with Gasteiger partial charge in [-0.3, -0.25) is 4.99 Å². The Kier molecular flexibility index (Phi) is 7.84. The van der Waals surface area contributed by atoms with Gasteiger partial charge >= 0.3 is 11.8 Å². The van der Waals surface area contributed by atoms with E-state index in [4.69, 9.17) is 18.6 Å². The number of amidine groups is 1. The molecule has 1 aliphatic heterocycles. The van der Waals surface area contributed by atoms with E-state index in [2.05, 4.69) is 20.6 Å². The molecule has 41 heavy (non-hydrogen) atoms. The maximum atomic E-state index is 13.5. The number of hydrogen-bond donors (Lipinski definition) is 2. The maximum Gasteiger partial charge on any atom is 0.519 e. The van der Waals surface area contributed by atoms with Crippen molar-refractivity contribution in [2.45, 2.75) is 71.4 Å². The Morgan fingerprint density at radius 2 is 1.85 bits per heavy atom. The molecule has 0 radical (unpaired) electrons. The van der Waals surface area contributed by atoms with Gasteiger partial charge in [-0.05, 0) is 49.1 Å². The van der Waals surface area contributed by atoms with E-state index in [0.717, 1.165) is 34.5 Å². The molecule has 0 spiro atoms. The average Bonchev–Trinajstić information content (AvgIpc) is 3.67. The normalized spacial score (nSPS) is 17.1. The number of aryl methyl sites for hydroxylation is 1. The number of benzene rings is 2. The van der Waals surface area contributed by atoms with Crippen molar-refractivity contribution in [2.24, 2.45) is 4.99 Å². The van der Waals surface area contributed by atoms with Crippen molar-refractivity contribution in [3.8, 4) is 22.5 Å². The molecule has 0 aliphatic carbocycles. The lowest BCUT2D eigenvalue weighted by Crippen LogP contribution is -2.52. The first kappa shape index (κ1) is 28.0. The molecule has 0 amide bonds. The molecule has 0 saturated carbocycles. The molecule has 3 heterocycles. The number of carbonyl (C=O) groups is 1. The molecule has 0 fully saturated rings. The Morgan fingerprint density at radius 3 is 2.46 bits per heavy atom. The number of nitrogens with zero attached hydrogens (tertiary/aromatic N) is 5. The van der Waals surface area contributed by atoms with Gasteiger partial charge < -0.3 is 23.6 Å². The van der Waals surface area contributed by atoms with Crippen LogP contribution in [0.15, 0.2) is 67.2 Å². The second-order valence-corrected chi connectivity index (χ2v) is 10.5. The predicted molar refractivity (Wildman–Crippen MR) is 149 cm³/mol. The highest BCUT2D eigenvalue weighted by Gasteiger charge is 2.48. The van der Waals surface area contributed by atoms with Gasteiger partial charge in [-0.1, -0.05) is 55.5 Å². The van der Waals surface area contributed by atoms with Crippen molar-refractivity contribution >= 4 is 11.8 Å². The minimum Gasteiger partial charge on any atom is -0.456 e. The number of hydrogen-bond acceptors (Lipinski definition) is 11. The monoisotopic (exact) mass is 560 g/mol. The molecular formula is C29H32N6O6. The standard InChI is InChI=1S/C29H32N6O6/c1-5-8-23-30-25(29(3,4)38)24(27(36)39-16-22-17(2)40-28(37)41-22)35(23)15-18-11-13-19(14-12-18)20-9-6-7-10-21(20)26-31-33-34-32-26/h6-7,9-14,24-25,38H,5,8,15-16H2,1-4H3,(H,31,32,33,34). The zero-order valence-corrected chi connectivity index (χ0v) is 23.3. The lowest BCUT2D eigenvalue weighted by molar-refractivity contribution is -0.153. The lowest BCUT2D eigenvalue weighted by Gasteiger charge is -2.33. The van der Waals surface area contributed by atoms with Crippen LogP contribution in [0.4, 0.5) is 0 Å². The first-order valence-corrected chi connectivity index (χ1v) is 13.4. The van der Waals surface area contributed by atoms with E-state index in [1.54, 1.807) is 20.8 Å². The number of nitrogens with one attached hydrogen (secondary N) is 1. The molecule has 1 aliphatic rings. The Bertz CT molecular complexity index is 1580. The Labute approximate surface area is 236 Å². The largest absolute Gasteiger partial charge is 0.519 e. The summed E-state index contributed by atoms with van der Waals surface area (Å²) in [6.45, 7) is 6.95. The molecule has 0 saturated heterocycles. The molecule has 214 valence electrons. The number of ether oxygens (including phenoxy) is 1. The van der Waals surface area contributed by atoms with Crippen LogP contribution in [0.25, 0.3) is 22.5 Å². The summed E-state index contributed by atoms with van der Waals surface area (Å²) < 4.78 is 15.4. The highest BCUT2D eigenvalue weighted by atomic mass is 16.6. The Morgan fingerprint density at radius 1 is 1.12 bits per heavy atom. The molecule has 2 N–H and O–H groups in total. The van der Waals surface area contributed by atoms with Crippen LogP contribution < -0.4 is 5.82 Å². The average molecular weight is 561 g/mol. The van der Waals surface area contributed by atoms with Crippen molar-refractivity contribution < 1.29 is 23.5 Å². The van der Waals surface area contributed by atoms with Gasteiger partial charge in [0.25, 0.3) is 0 Å². The van der Waals surface area contributed by atoms with Crippen molar-refractivity contribution in [1.82, 2.24) is 25.5 Å². The zero-order chi connectivity index (χ0) is 29.1. The molecular weight excluding hydrogens is 528 g/mol. The van der Waals surface area contributed by atoms with Crippen LogP contribution >= 0.6 is 0 Å². The number of carbonyl (C=O) groups excluding carboxylic acids is 1. The van der Waals surface area contributed by atoms with Gasteiger partial charge in [0.2, 0.25) is 5.82 Å². The van der Waals surface area contributed by atoms with E-state index in [9.17, 15) is 14.7 Å². The number of aromatic nitrogens is 4. The maximum absolute atomic E-state index is 13.5. The molecule has 2 aromatic carbocycles. The van der Waals surface area contributed by atoms with E-state index >= 15 is 0 Å². The summed E-state index contributed by atoms with van der Waals surface area (Å²) in [5.41, 5.74) is 2.43. The van der Waals surface area contributed by atoms with Crippen molar-refractivity contribution in [2.75, 3.05) is 0 Å². The topological polar surface area (TPSA) is 160 Å². The van der Waals surface area contributed by atoms with Gasteiger partial charge in [0.05, 0.1) is 5.60 Å². The summed E-state index contributed by atoms with van der Waals surface area (Å²) in [6.07, 6.45) is 1.43. The second-order valence-electron chi connectivity index (χ2n) is 10.5. The molecule has 0 bridgehead atoms. The summed E-state index contributed by atoms with van der Waals surface area (Å²) in [7, 11) is 0. The van der Waals surface area contributed by atoms with Crippen LogP contribution in [0.5, 0.6) is 0 Å². The van der Waals surface area contributed by atoms with Crippen molar-refractivity contribution in [1.29, 1.82) is 0 Å². The van der Waals surface area contributed by atoms with Crippen molar-refractivity contribution in [3.63, 3.8) is 0 Å². The van der Waals surface area contributed by atoms with Crippen LogP contribution in [0.1, 0.15) is 50.7 Å². The number of aromatic amines is 1. The minimum absolute atomic E-state index is 0.138. The van der Waals surface area contributed by atoms with Crippen LogP contribution in [-0.2, 0) is 22.7 Å². The molecule has 2 atom stereocenters. The van der Waals surface area contributed by atoms with E-state index in [1.807, 2.05) is 60.4 Å². The molecule has 2 unspecified atom stereocenters. The lowest BCUT2D eigenvalue weighted by atomic mass is 9.92. The van der Waals surface area contributed by atoms with Gasteiger partial charge in [0.15, 0.2) is 24.2 Å². The van der Waals surface area contributed by atoms with Crippen LogP contribution in [0.2, 0.25) is 0 Å². The summed E-state index contributed by atoms with van der Waals surface area (Å²) >= 11 is 0. The quantitative estimate of drug-likeness (QED) is 0.274. The first-order valence-electron chi connectivity index (χ1n) is 13.4. The molecule has 12 nitrogen and oxygen atoms in total. The van der Waals surface area contributed by atoms with Gasteiger partial charge in [-0.15, -0.1) is 10.2 Å². The number of tetrazole rings is 1. The summed E-state index contributed by atoms with van der Waals surface area (Å²) in [6, 6.07) is 14.2. The van der Waals surface area contributed by atoms with E-state index in [-0.39, 0.29) is 18.1 Å². The summed E-state index contributed by atoms with van der Waals surface area (Å²) in [5.74, 6) is 0.168. The fraction of sp³-hybridized carbons (Fsp3) is 0.379. The fourth-order valence-corrected chi connectivity index (χ4v) is 4.98. The summed E-state index contributed by atoms with van der Waals surface area (Å²) in [4.78, 5) is 31.6. The highest BCUT2D eigenvalue weighted by molar-refractivity contribution is 5.92. The smallest absolute Gasteiger partial charge is 0.456 e. The zero-order valence-electron chi connectivity index (χ0n) is 23.3. The third-order valence-electron chi connectivity index (χ3n) is 7.01. The van der Waals surface area contributed by atoms with Crippen LogP contribution in [0, 0.1) is 6.92 Å². The Balaban J connectivity index is 1.41. The van der Waals surface area contributed by atoms with Crippen LogP contribution in [0.3, 0.4) is 0 Å². The number of aliphatic hydroxyl groups is 1. The third kappa shape index (κ3) is 5.97. The number of esters is 1. The SMILES string of the molecule is CCCC1=NC(C(C)(C)O)C(C(=O)OCc2oc(=O)oc2C)N1Cc1ccc(-c2ccccc2-c2nn[nH]n2)cc1. The molecule has 4 aromatic rings. The van der Waals surface area contributed by atoms with Crippen molar-refractivity contribution in [3.05, 3.63) is 76.2 Å². The Hall–Kier alpha value is -4.58. The number of H-pyrrole nitrogens is 1. The predicted octanol–water partition coefficient (Wildman–Crippen LogP) is 3.65. The van der Waals surface area contributed by atoms with Gasteiger partial charge in [0.1, 0.15) is 11.9 Å². The number of rotatable bonds is 10. The highest BCUT2D eigenvalue weighted by Crippen LogP contribution is 2.33. The van der Waals surface area contributed by atoms with Gasteiger partial charge in [-0.2, -0.15) is 5.21 Å². The van der Waals surface area contributed by atoms with E-state index < -0.39 is 29.5 Å². The third-order valence-corrected chi connectivity index (χ3v) is 7.01. The van der Waals surface area contributed by atoms with Gasteiger partial charge in [-0.25, -0.2) is 9.59 Å².